The Hall–Kier alpha value is -0.450. The molecule has 1 aromatic rings. The molecule has 0 aromatic carbocycles. The fourth-order valence-corrected chi connectivity index (χ4v) is 3.17. The number of hydrogen-bond acceptors (Lipinski definition) is 4. The summed E-state index contributed by atoms with van der Waals surface area (Å²) in [6.07, 6.45) is 4.31. The van der Waals surface area contributed by atoms with Gasteiger partial charge in [-0.2, -0.15) is 0 Å². The molecule has 1 saturated heterocycles. The van der Waals surface area contributed by atoms with E-state index in [0.29, 0.717) is 11.5 Å². The van der Waals surface area contributed by atoms with E-state index in [-0.39, 0.29) is 0 Å². The summed E-state index contributed by atoms with van der Waals surface area (Å²) in [4.78, 5) is 5.84. The summed E-state index contributed by atoms with van der Waals surface area (Å²) in [5, 5.41) is 8.36. The monoisotopic (exact) mass is 253 g/mol. The first-order chi connectivity index (χ1) is 8.12. The van der Waals surface area contributed by atoms with E-state index < -0.39 is 0 Å². The lowest BCUT2D eigenvalue weighted by Crippen LogP contribution is -2.52. The van der Waals surface area contributed by atoms with E-state index in [9.17, 15) is 0 Å². The lowest BCUT2D eigenvalue weighted by Gasteiger charge is -2.39. The van der Waals surface area contributed by atoms with Crippen molar-refractivity contribution < 1.29 is 0 Å². The molecular formula is C13H23N3S. The molecule has 0 spiro atoms. The molecule has 0 amide bonds. The fourth-order valence-electron chi connectivity index (χ4n) is 2.35. The average Bonchev–Trinajstić information content (AvgIpc) is 2.75. The van der Waals surface area contributed by atoms with E-state index in [1.54, 1.807) is 0 Å². The highest BCUT2D eigenvalue weighted by Gasteiger charge is 2.31. The van der Waals surface area contributed by atoms with E-state index >= 15 is 0 Å². The second-order valence-corrected chi connectivity index (χ2v) is 6.66. The molecule has 1 aliphatic rings. The molecule has 1 unspecified atom stereocenters. The molecule has 0 saturated carbocycles. The minimum absolute atomic E-state index is 0.336. The van der Waals surface area contributed by atoms with Gasteiger partial charge >= 0.3 is 0 Å². The predicted octanol–water partition coefficient (Wildman–Crippen LogP) is 2.18. The van der Waals surface area contributed by atoms with Gasteiger partial charge in [-0.1, -0.05) is 20.8 Å². The van der Waals surface area contributed by atoms with E-state index in [1.807, 2.05) is 17.5 Å². The van der Waals surface area contributed by atoms with E-state index in [2.05, 4.69) is 36.4 Å². The molecule has 2 N–H and O–H groups in total. The van der Waals surface area contributed by atoms with Gasteiger partial charge in [0.25, 0.3) is 0 Å². The lowest BCUT2D eigenvalue weighted by molar-refractivity contribution is 0.184. The maximum atomic E-state index is 4.46. The first kappa shape index (κ1) is 13.0. The highest BCUT2D eigenvalue weighted by molar-refractivity contribution is 7.11. The van der Waals surface area contributed by atoms with E-state index in [4.69, 9.17) is 0 Å². The van der Waals surface area contributed by atoms with Crippen LogP contribution < -0.4 is 10.6 Å². The van der Waals surface area contributed by atoms with Crippen LogP contribution in [0.25, 0.3) is 0 Å². The zero-order valence-corrected chi connectivity index (χ0v) is 11.9. The molecule has 1 aliphatic heterocycles. The van der Waals surface area contributed by atoms with Crippen LogP contribution >= 0.6 is 11.3 Å². The molecule has 4 heteroatoms. The lowest BCUT2D eigenvalue weighted by atomic mass is 9.80. The fraction of sp³-hybridized carbons (Fsp3) is 0.769. The number of nitrogens with zero attached hydrogens (tertiary/aromatic N) is 1. The van der Waals surface area contributed by atoms with Crippen LogP contribution in [0.1, 0.15) is 37.1 Å². The Labute approximate surface area is 108 Å². The van der Waals surface area contributed by atoms with Crippen LogP contribution in [0.3, 0.4) is 0 Å². The van der Waals surface area contributed by atoms with Gasteiger partial charge in [-0.05, 0) is 24.8 Å². The van der Waals surface area contributed by atoms with Gasteiger partial charge in [0.05, 0.1) is 0 Å². The van der Waals surface area contributed by atoms with Gasteiger partial charge in [0, 0.05) is 30.2 Å². The molecule has 1 atom stereocenters. The summed E-state index contributed by atoms with van der Waals surface area (Å²) >= 11 is 1.83. The molecule has 1 fully saturated rings. The summed E-state index contributed by atoms with van der Waals surface area (Å²) in [5.41, 5.74) is 0.336. The van der Waals surface area contributed by atoms with Gasteiger partial charge in [0.15, 0.2) is 0 Å². The van der Waals surface area contributed by atoms with Crippen molar-refractivity contribution in [2.45, 2.75) is 46.2 Å². The zero-order chi connectivity index (χ0) is 12.3. The molecule has 0 aliphatic carbocycles. The van der Waals surface area contributed by atoms with Crippen LogP contribution in [0.5, 0.6) is 0 Å². The Balaban J connectivity index is 1.88. The van der Waals surface area contributed by atoms with Gasteiger partial charge in [0.2, 0.25) is 0 Å². The topological polar surface area (TPSA) is 37.0 Å². The van der Waals surface area contributed by atoms with Crippen LogP contribution in [-0.4, -0.2) is 24.1 Å². The average molecular weight is 253 g/mol. The molecule has 0 bridgehead atoms. The van der Waals surface area contributed by atoms with Crippen molar-refractivity contribution in [1.29, 1.82) is 0 Å². The van der Waals surface area contributed by atoms with Gasteiger partial charge in [-0.3, -0.25) is 0 Å². The van der Waals surface area contributed by atoms with Crippen LogP contribution in [0.2, 0.25) is 0 Å². The van der Waals surface area contributed by atoms with Gasteiger partial charge in [0.1, 0.15) is 5.01 Å². The zero-order valence-electron chi connectivity index (χ0n) is 11.0. The number of aryl methyl sites for hydroxylation is 1. The van der Waals surface area contributed by atoms with Crippen molar-refractivity contribution in [2.24, 2.45) is 5.41 Å². The third kappa shape index (κ3) is 3.27. The van der Waals surface area contributed by atoms with Crippen molar-refractivity contribution in [3.8, 4) is 0 Å². The largest absolute Gasteiger partial charge is 0.316 e. The van der Waals surface area contributed by atoms with Crippen molar-refractivity contribution in [2.75, 3.05) is 13.1 Å². The molecular weight excluding hydrogens is 230 g/mol. The second-order valence-electron chi connectivity index (χ2n) is 5.46. The van der Waals surface area contributed by atoms with Crippen molar-refractivity contribution in [1.82, 2.24) is 15.6 Å². The van der Waals surface area contributed by atoms with Crippen LogP contribution in [0.15, 0.2) is 6.20 Å². The third-order valence-electron chi connectivity index (χ3n) is 3.58. The molecule has 17 heavy (non-hydrogen) atoms. The molecule has 2 heterocycles. The Bertz CT molecular complexity index is 359. The van der Waals surface area contributed by atoms with Crippen LogP contribution in [0, 0.1) is 5.41 Å². The smallest absolute Gasteiger partial charge is 0.107 e. The Morgan fingerprint density at radius 1 is 1.59 bits per heavy atom. The summed E-state index contributed by atoms with van der Waals surface area (Å²) in [6, 6.07) is 0.595. The van der Waals surface area contributed by atoms with Crippen molar-refractivity contribution >= 4 is 11.3 Å². The minimum atomic E-state index is 0.336. The molecule has 0 radical (unpaired) electrons. The SMILES string of the molecule is CCc1cnc(CNC2CCNCC2(C)C)s1. The van der Waals surface area contributed by atoms with Crippen molar-refractivity contribution in [3.05, 3.63) is 16.1 Å². The second kappa shape index (κ2) is 5.46. The normalized spacial score (nSPS) is 23.8. The number of aromatic nitrogens is 1. The molecule has 1 aromatic heterocycles. The first-order valence-electron chi connectivity index (χ1n) is 6.49. The number of piperidine rings is 1. The van der Waals surface area contributed by atoms with E-state index in [0.717, 1.165) is 26.1 Å². The number of nitrogens with one attached hydrogen (secondary N) is 2. The molecule has 3 nitrogen and oxygen atoms in total. The number of thiazole rings is 1. The van der Waals surface area contributed by atoms with Crippen LogP contribution in [0.4, 0.5) is 0 Å². The quantitative estimate of drug-likeness (QED) is 0.863. The number of hydrogen-bond donors (Lipinski definition) is 2. The highest BCUT2D eigenvalue weighted by atomic mass is 32.1. The highest BCUT2D eigenvalue weighted by Crippen LogP contribution is 2.25. The van der Waals surface area contributed by atoms with Crippen LogP contribution in [-0.2, 0) is 13.0 Å². The van der Waals surface area contributed by atoms with E-state index in [1.165, 1.54) is 16.3 Å². The van der Waals surface area contributed by atoms with Gasteiger partial charge in [-0.25, -0.2) is 4.98 Å². The summed E-state index contributed by atoms with van der Waals surface area (Å²) < 4.78 is 0. The first-order valence-corrected chi connectivity index (χ1v) is 7.31. The summed E-state index contributed by atoms with van der Waals surface area (Å²) in [7, 11) is 0. The van der Waals surface area contributed by atoms with Gasteiger partial charge < -0.3 is 10.6 Å². The maximum Gasteiger partial charge on any atom is 0.107 e. The standard InChI is InChI=1S/C13H23N3S/c1-4-10-7-16-12(17-10)8-15-11-5-6-14-9-13(11,2)3/h7,11,14-15H,4-6,8-9H2,1-3H3. The minimum Gasteiger partial charge on any atom is -0.316 e. The van der Waals surface area contributed by atoms with Gasteiger partial charge in [-0.15, -0.1) is 11.3 Å². The number of rotatable bonds is 4. The third-order valence-corrected chi connectivity index (χ3v) is 4.72. The predicted molar refractivity (Wildman–Crippen MR) is 73.4 cm³/mol. The Morgan fingerprint density at radius 2 is 2.41 bits per heavy atom. The Kier molecular flexibility index (Phi) is 4.17. The molecule has 2 rings (SSSR count). The summed E-state index contributed by atoms with van der Waals surface area (Å²) in [6.45, 7) is 9.98. The molecule has 96 valence electrons. The maximum absolute atomic E-state index is 4.46. The Morgan fingerprint density at radius 3 is 3.06 bits per heavy atom. The summed E-state index contributed by atoms with van der Waals surface area (Å²) in [5.74, 6) is 0. The van der Waals surface area contributed by atoms with Crippen molar-refractivity contribution in [3.63, 3.8) is 0 Å².